The molecule has 7 nitrogen and oxygen atoms in total. The van der Waals surface area contributed by atoms with Gasteiger partial charge in [0.15, 0.2) is 0 Å². The topological polar surface area (TPSA) is 95.2 Å². The van der Waals surface area contributed by atoms with Crippen molar-refractivity contribution >= 4 is 15.9 Å². The first-order chi connectivity index (χ1) is 16.5. The largest absolute Gasteiger partial charge is 0.346 e. The van der Waals surface area contributed by atoms with E-state index in [9.17, 15) is 13.2 Å². The lowest BCUT2D eigenvalue weighted by Gasteiger charge is -2.25. The molecule has 0 spiro atoms. The van der Waals surface area contributed by atoms with Crippen LogP contribution in [0.4, 0.5) is 0 Å². The Morgan fingerprint density at radius 2 is 1.76 bits per heavy atom. The third-order valence-corrected chi connectivity index (χ3v) is 8.18. The third kappa shape index (κ3) is 5.74. The van der Waals surface area contributed by atoms with Crippen molar-refractivity contribution < 1.29 is 13.2 Å². The van der Waals surface area contributed by atoms with E-state index in [0.717, 1.165) is 48.3 Å². The van der Waals surface area contributed by atoms with Crippen LogP contribution in [0.3, 0.4) is 0 Å². The van der Waals surface area contributed by atoms with Crippen molar-refractivity contribution in [2.24, 2.45) is 0 Å². The Hall–Kier alpha value is -2.97. The minimum absolute atomic E-state index is 0.0606. The maximum absolute atomic E-state index is 12.8. The zero-order valence-corrected chi connectivity index (χ0v) is 20.4. The van der Waals surface area contributed by atoms with E-state index < -0.39 is 10.0 Å². The van der Waals surface area contributed by atoms with E-state index >= 15 is 0 Å². The number of rotatable bonds is 9. The molecule has 0 aliphatic carbocycles. The van der Waals surface area contributed by atoms with Crippen molar-refractivity contribution in [3.05, 3.63) is 72.2 Å². The van der Waals surface area contributed by atoms with Crippen LogP contribution in [0.5, 0.6) is 0 Å². The van der Waals surface area contributed by atoms with Gasteiger partial charge < -0.3 is 10.3 Å². The molecular formula is C26H32N4O3S. The van der Waals surface area contributed by atoms with Crippen LogP contribution in [0.15, 0.2) is 65.7 Å². The summed E-state index contributed by atoms with van der Waals surface area (Å²) in [7, 11) is -3.43. The highest BCUT2D eigenvalue weighted by Crippen LogP contribution is 2.22. The lowest BCUT2D eigenvalue weighted by Crippen LogP contribution is -2.35. The molecule has 34 heavy (non-hydrogen) atoms. The van der Waals surface area contributed by atoms with Crippen molar-refractivity contribution in [2.45, 2.75) is 56.4 Å². The molecule has 1 amide bonds. The second-order valence-electron chi connectivity index (χ2n) is 8.69. The summed E-state index contributed by atoms with van der Waals surface area (Å²) in [6.07, 6.45) is 6.28. The number of H-pyrrole nitrogens is 1. The lowest BCUT2D eigenvalue weighted by molar-refractivity contribution is -0.121. The lowest BCUT2D eigenvalue weighted by atomic mass is 10.1. The molecule has 8 heteroatoms. The van der Waals surface area contributed by atoms with Gasteiger partial charge in [-0.25, -0.2) is 13.4 Å². The molecule has 2 heterocycles. The van der Waals surface area contributed by atoms with Crippen LogP contribution in [0.2, 0.25) is 0 Å². The number of benzene rings is 2. The molecule has 4 rings (SSSR count). The van der Waals surface area contributed by atoms with Crippen LogP contribution in [0.1, 0.15) is 56.5 Å². The summed E-state index contributed by atoms with van der Waals surface area (Å²) in [4.78, 5) is 20.7. The molecule has 2 aromatic carbocycles. The minimum atomic E-state index is -3.43. The van der Waals surface area contributed by atoms with Gasteiger partial charge in [-0.3, -0.25) is 4.79 Å². The highest BCUT2D eigenvalue weighted by atomic mass is 32.2. The SMILES string of the molecule is CCC(NC(=O)CCc1ccc(S(=O)(=O)N2CCCCC2)cc1)c1ncc(-c2ccccc2)[nH]1. The second kappa shape index (κ2) is 11.0. The molecule has 3 aromatic rings. The van der Waals surface area contributed by atoms with Crippen LogP contribution >= 0.6 is 0 Å². The van der Waals surface area contributed by atoms with Crippen LogP contribution in [0.25, 0.3) is 11.3 Å². The average molecular weight is 481 g/mol. The van der Waals surface area contributed by atoms with Crippen molar-refractivity contribution in [1.82, 2.24) is 19.6 Å². The summed E-state index contributed by atoms with van der Waals surface area (Å²) in [5.74, 6) is 0.677. The highest BCUT2D eigenvalue weighted by molar-refractivity contribution is 7.89. The van der Waals surface area contributed by atoms with E-state index in [2.05, 4.69) is 15.3 Å². The first-order valence-electron chi connectivity index (χ1n) is 12.0. The van der Waals surface area contributed by atoms with E-state index in [4.69, 9.17) is 0 Å². The fraction of sp³-hybridized carbons (Fsp3) is 0.385. The number of aromatic amines is 1. The number of hydrogen-bond acceptors (Lipinski definition) is 4. The summed E-state index contributed by atoms with van der Waals surface area (Å²) in [6, 6.07) is 16.7. The maximum Gasteiger partial charge on any atom is 0.243 e. The monoisotopic (exact) mass is 480 g/mol. The highest BCUT2D eigenvalue weighted by Gasteiger charge is 2.25. The molecule has 1 aliphatic heterocycles. The average Bonchev–Trinajstić information content (AvgIpc) is 3.37. The summed E-state index contributed by atoms with van der Waals surface area (Å²) in [5, 5.41) is 3.06. The van der Waals surface area contributed by atoms with Gasteiger partial charge in [-0.2, -0.15) is 4.31 Å². The van der Waals surface area contributed by atoms with Gasteiger partial charge in [0.25, 0.3) is 0 Å². The Balaban J connectivity index is 1.32. The smallest absolute Gasteiger partial charge is 0.243 e. The Bertz CT molecular complexity index is 1180. The van der Waals surface area contributed by atoms with Crippen LogP contribution in [0, 0.1) is 0 Å². The molecular weight excluding hydrogens is 448 g/mol. The summed E-state index contributed by atoms with van der Waals surface area (Å²) in [5.41, 5.74) is 2.90. The van der Waals surface area contributed by atoms with Crippen LogP contribution < -0.4 is 5.32 Å². The number of nitrogens with one attached hydrogen (secondary N) is 2. The van der Waals surface area contributed by atoms with Gasteiger partial charge in [0.05, 0.1) is 22.8 Å². The molecule has 1 aromatic heterocycles. The van der Waals surface area contributed by atoms with Gasteiger partial charge in [0.2, 0.25) is 15.9 Å². The molecule has 1 atom stereocenters. The number of carbonyl (C=O) groups is 1. The normalized spacial score (nSPS) is 15.7. The van der Waals surface area contributed by atoms with Gasteiger partial charge >= 0.3 is 0 Å². The molecule has 1 aliphatic rings. The fourth-order valence-electron chi connectivity index (χ4n) is 4.25. The second-order valence-corrected chi connectivity index (χ2v) is 10.6. The molecule has 180 valence electrons. The van der Waals surface area contributed by atoms with Gasteiger partial charge in [0.1, 0.15) is 5.82 Å². The molecule has 0 radical (unpaired) electrons. The van der Waals surface area contributed by atoms with Crippen molar-refractivity contribution in [3.8, 4) is 11.3 Å². The van der Waals surface area contributed by atoms with Crippen LogP contribution in [-0.4, -0.2) is 41.7 Å². The maximum atomic E-state index is 12.8. The number of nitrogens with zero attached hydrogens (tertiary/aromatic N) is 2. The quantitative estimate of drug-likeness (QED) is 0.473. The van der Waals surface area contributed by atoms with Gasteiger partial charge in [0, 0.05) is 19.5 Å². The van der Waals surface area contributed by atoms with Crippen molar-refractivity contribution in [2.75, 3.05) is 13.1 Å². The predicted molar refractivity (Wildman–Crippen MR) is 133 cm³/mol. The van der Waals surface area contributed by atoms with E-state index in [-0.39, 0.29) is 11.9 Å². The van der Waals surface area contributed by atoms with E-state index in [1.54, 1.807) is 34.8 Å². The number of amides is 1. The number of piperidine rings is 1. The van der Waals surface area contributed by atoms with Gasteiger partial charge in [-0.1, -0.05) is 55.8 Å². The Kier molecular flexibility index (Phi) is 7.80. The first-order valence-corrected chi connectivity index (χ1v) is 13.4. The molecule has 0 saturated carbocycles. The minimum Gasteiger partial charge on any atom is -0.346 e. The van der Waals surface area contributed by atoms with E-state index in [1.807, 2.05) is 37.3 Å². The number of hydrogen-bond donors (Lipinski definition) is 2. The Morgan fingerprint density at radius 3 is 2.44 bits per heavy atom. The number of imidazole rings is 1. The van der Waals surface area contributed by atoms with Gasteiger partial charge in [-0.15, -0.1) is 0 Å². The molecule has 1 saturated heterocycles. The van der Waals surface area contributed by atoms with Gasteiger partial charge in [-0.05, 0) is 48.9 Å². The molecule has 1 unspecified atom stereocenters. The predicted octanol–water partition coefficient (Wildman–Crippen LogP) is 4.45. The standard InChI is InChI=1S/C26H32N4O3S/c1-2-23(26-27-19-24(29-26)21-9-5-3-6-10-21)28-25(31)16-13-20-11-14-22(15-12-20)34(32,33)30-17-7-4-8-18-30/h3,5-6,9-12,14-15,19,23H,2,4,7-8,13,16-18H2,1H3,(H,27,29)(H,28,31). The van der Waals surface area contributed by atoms with Crippen molar-refractivity contribution in [1.29, 1.82) is 0 Å². The zero-order chi connectivity index (χ0) is 24.0. The number of sulfonamides is 1. The summed E-state index contributed by atoms with van der Waals surface area (Å²) in [6.45, 7) is 3.19. The molecule has 1 fully saturated rings. The summed E-state index contributed by atoms with van der Waals surface area (Å²) < 4.78 is 27.2. The molecule has 0 bridgehead atoms. The number of carbonyl (C=O) groups excluding carboxylic acids is 1. The molecule has 2 N–H and O–H groups in total. The Labute approximate surface area is 201 Å². The number of aryl methyl sites for hydroxylation is 1. The van der Waals surface area contributed by atoms with Crippen LogP contribution in [-0.2, 0) is 21.2 Å². The first kappa shape index (κ1) is 24.2. The van der Waals surface area contributed by atoms with E-state index in [0.29, 0.717) is 30.8 Å². The third-order valence-electron chi connectivity index (χ3n) is 6.27. The fourth-order valence-corrected chi connectivity index (χ4v) is 5.77. The van der Waals surface area contributed by atoms with E-state index in [1.165, 1.54) is 0 Å². The van der Waals surface area contributed by atoms with Crippen molar-refractivity contribution in [3.63, 3.8) is 0 Å². The number of aromatic nitrogens is 2. The summed E-state index contributed by atoms with van der Waals surface area (Å²) >= 11 is 0. The Morgan fingerprint density at radius 1 is 1.06 bits per heavy atom. The zero-order valence-electron chi connectivity index (χ0n) is 19.5.